The Morgan fingerprint density at radius 3 is 1.61 bits per heavy atom. The quantitative estimate of drug-likeness (QED) is 0.417. The Morgan fingerprint density at radius 1 is 0.889 bits per heavy atom. The molecule has 0 amide bonds. The Bertz CT molecular complexity index is 184. The molecule has 18 heavy (non-hydrogen) atoms. The molecular weight excluding hydrogens is 228 g/mol. The van der Waals surface area contributed by atoms with Crippen molar-refractivity contribution in [1.82, 2.24) is 0 Å². The molecule has 3 nitrogen and oxygen atoms in total. The zero-order chi connectivity index (χ0) is 13.8. The zero-order valence-corrected chi connectivity index (χ0v) is 12.5. The van der Waals surface area contributed by atoms with Crippen LogP contribution in [0.25, 0.3) is 0 Å². The van der Waals surface area contributed by atoms with Crippen LogP contribution in [0.1, 0.15) is 66.2 Å². The summed E-state index contributed by atoms with van der Waals surface area (Å²) in [5.41, 5.74) is 0. The van der Waals surface area contributed by atoms with E-state index in [9.17, 15) is 4.79 Å². The van der Waals surface area contributed by atoms with Gasteiger partial charge in [-0.3, -0.25) is 0 Å². The number of rotatable bonds is 10. The van der Waals surface area contributed by atoms with Crippen molar-refractivity contribution in [2.24, 2.45) is 11.8 Å². The van der Waals surface area contributed by atoms with Crippen LogP contribution in [0.4, 0.5) is 4.79 Å². The molecule has 0 saturated carbocycles. The van der Waals surface area contributed by atoms with Crippen LogP contribution in [0, 0.1) is 11.8 Å². The first-order valence-electron chi connectivity index (χ1n) is 7.39. The first-order chi connectivity index (χ1) is 8.60. The van der Waals surface area contributed by atoms with Crippen LogP contribution in [0.3, 0.4) is 0 Å². The normalized spacial score (nSPS) is 14.0. The number of hydrogen-bond acceptors (Lipinski definition) is 3. The van der Waals surface area contributed by atoms with Gasteiger partial charge in [0.25, 0.3) is 0 Å². The molecule has 3 heteroatoms. The highest BCUT2D eigenvalue weighted by Crippen LogP contribution is 2.10. The summed E-state index contributed by atoms with van der Waals surface area (Å²) in [6, 6.07) is 0. The molecule has 0 radical (unpaired) electrons. The maximum atomic E-state index is 11.2. The van der Waals surface area contributed by atoms with Crippen molar-refractivity contribution >= 4 is 6.16 Å². The van der Waals surface area contributed by atoms with E-state index in [2.05, 4.69) is 27.7 Å². The molecule has 0 aliphatic carbocycles. The third-order valence-corrected chi connectivity index (χ3v) is 3.52. The molecule has 0 saturated heterocycles. The third-order valence-electron chi connectivity index (χ3n) is 3.52. The molecule has 0 fully saturated rings. The van der Waals surface area contributed by atoms with Gasteiger partial charge in [0.2, 0.25) is 0 Å². The van der Waals surface area contributed by atoms with Crippen molar-refractivity contribution in [2.45, 2.75) is 66.2 Å². The van der Waals surface area contributed by atoms with Crippen LogP contribution < -0.4 is 0 Å². The van der Waals surface area contributed by atoms with Gasteiger partial charge in [0, 0.05) is 0 Å². The third kappa shape index (κ3) is 10.4. The van der Waals surface area contributed by atoms with Gasteiger partial charge in [-0.05, 0) is 37.5 Å². The summed E-state index contributed by atoms with van der Waals surface area (Å²) in [6.07, 6.45) is 5.92. The van der Waals surface area contributed by atoms with E-state index < -0.39 is 6.16 Å². The topological polar surface area (TPSA) is 35.5 Å². The Balaban J connectivity index is 3.33. The summed E-state index contributed by atoms with van der Waals surface area (Å²) < 4.78 is 10.0. The molecule has 0 aromatic heterocycles. The second-order valence-electron chi connectivity index (χ2n) is 5.26. The van der Waals surface area contributed by atoms with Gasteiger partial charge in [-0.15, -0.1) is 0 Å². The molecular formula is C15H30O3. The Morgan fingerprint density at radius 2 is 1.28 bits per heavy atom. The fourth-order valence-electron chi connectivity index (χ4n) is 1.62. The lowest BCUT2D eigenvalue weighted by atomic mass is 10.0. The van der Waals surface area contributed by atoms with Crippen molar-refractivity contribution in [1.29, 1.82) is 0 Å². The lowest BCUT2D eigenvalue weighted by Crippen LogP contribution is -2.10. The van der Waals surface area contributed by atoms with Gasteiger partial charge in [-0.25, -0.2) is 4.79 Å². The number of ether oxygens (including phenoxy) is 2. The molecule has 0 N–H and O–H groups in total. The fourth-order valence-corrected chi connectivity index (χ4v) is 1.62. The van der Waals surface area contributed by atoms with Crippen molar-refractivity contribution in [2.75, 3.05) is 13.2 Å². The maximum absolute atomic E-state index is 11.2. The van der Waals surface area contributed by atoms with E-state index in [-0.39, 0.29) is 0 Å². The molecule has 0 rings (SSSR count). The molecule has 108 valence electrons. The van der Waals surface area contributed by atoms with E-state index >= 15 is 0 Å². The molecule has 0 heterocycles. The highest BCUT2D eigenvalue weighted by Gasteiger charge is 2.05. The minimum atomic E-state index is -0.511. The van der Waals surface area contributed by atoms with Crippen molar-refractivity contribution in [3.63, 3.8) is 0 Å². The maximum Gasteiger partial charge on any atom is 0.508 e. The van der Waals surface area contributed by atoms with Crippen LogP contribution in [-0.4, -0.2) is 19.4 Å². The Hall–Kier alpha value is -0.730. The summed E-state index contributed by atoms with van der Waals surface area (Å²) in [5, 5.41) is 0. The van der Waals surface area contributed by atoms with E-state index in [0.717, 1.165) is 25.7 Å². The summed E-state index contributed by atoms with van der Waals surface area (Å²) in [6.45, 7) is 9.75. The minimum absolute atomic E-state index is 0.481. The smallest absolute Gasteiger partial charge is 0.434 e. The predicted octanol–water partition coefficient (Wildman–Crippen LogP) is 4.79. The van der Waals surface area contributed by atoms with Gasteiger partial charge in [-0.1, -0.05) is 40.5 Å². The molecule has 0 aliphatic heterocycles. The lowest BCUT2D eigenvalue weighted by molar-refractivity contribution is 0.0516. The first kappa shape index (κ1) is 17.3. The molecule has 0 spiro atoms. The molecule has 0 aromatic carbocycles. The van der Waals surface area contributed by atoms with Crippen LogP contribution in [-0.2, 0) is 9.47 Å². The molecule has 0 aromatic rings. The van der Waals surface area contributed by atoms with Crippen LogP contribution in [0.2, 0.25) is 0 Å². The van der Waals surface area contributed by atoms with E-state index in [4.69, 9.17) is 9.47 Å². The monoisotopic (exact) mass is 258 g/mol. The second-order valence-corrected chi connectivity index (χ2v) is 5.26. The fraction of sp³-hybridized carbons (Fsp3) is 0.933. The highest BCUT2D eigenvalue weighted by atomic mass is 16.7. The van der Waals surface area contributed by atoms with Crippen LogP contribution in [0.5, 0.6) is 0 Å². The average molecular weight is 258 g/mol. The number of carbonyl (C=O) groups excluding carboxylic acids is 1. The lowest BCUT2D eigenvalue weighted by Gasteiger charge is -2.10. The van der Waals surface area contributed by atoms with Crippen molar-refractivity contribution < 1.29 is 14.3 Å². The highest BCUT2D eigenvalue weighted by molar-refractivity contribution is 5.59. The van der Waals surface area contributed by atoms with E-state index in [1.165, 1.54) is 12.8 Å². The summed E-state index contributed by atoms with van der Waals surface area (Å²) in [4.78, 5) is 11.2. The molecule has 0 aliphatic rings. The van der Waals surface area contributed by atoms with Gasteiger partial charge < -0.3 is 9.47 Å². The van der Waals surface area contributed by atoms with Gasteiger partial charge in [0.05, 0.1) is 13.2 Å². The summed E-state index contributed by atoms with van der Waals surface area (Å²) >= 11 is 0. The van der Waals surface area contributed by atoms with E-state index in [1.54, 1.807) is 0 Å². The standard InChI is InChI=1S/C15H30O3/c1-5-13(3)9-7-11-17-15(16)18-12-8-10-14(4)6-2/h13-14H,5-12H2,1-4H3. The zero-order valence-electron chi connectivity index (χ0n) is 12.5. The van der Waals surface area contributed by atoms with E-state index in [1.807, 2.05) is 0 Å². The number of carbonyl (C=O) groups is 1. The summed E-state index contributed by atoms with van der Waals surface area (Å²) in [7, 11) is 0. The number of hydrogen-bond donors (Lipinski definition) is 0. The Kier molecular flexibility index (Phi) is 10.9. The minimum Gasteiger partial charge on any atom is -0.434 e. The summed E-state index contributed by atoms with van der Waals surface area (Å²) in [5.74, 6) is 1.42. The van der Waals surface area contributed by atoms with Gasteiger partial charge in [0.15, 0.2) is 0 Å². The SMILES string of the molecule is CCC(C)CCCOC(=O)OCCCC(C)CC. The first-order valence-corrected chi connectivity index (χ1v) is 7.39. The van der Waals surface area contributed by atoms with Gasteiger partial charge >= 0.3 is 6.16 Å². The van der Waals surface area contributed by atoms with Crippen molar-refractivity contribution in [3.8, 4) is 0 Å². The second kappa shape index (κ2) is 11.4. The molecule has 2 unspecified atom stereocenters. The molecule has 2 atom stereocenters. The molecule has 0 bridgehead atoms. The van der Waals surface area contributed by atoms with E-state index in [0.29, 0.717) is 25.0 Å². The largest absolute Gasteiger partial charge is 0.508 e. The predicted molar refractivity (Wildman–Crippen MR) is 74.7 cm³/mol. The van der Waals surface area contributed by atoms with Crippen LogP contribution >= 0.6 is 0 Å². The van der Waals surface area contributed by atoms with Crippen LogP contribution in [0.15, 0.2) is 0 Å². The van der Waals surface area contributed by atoms with Crippen molar-refractivity contribution in [3.05, 3.63) is 0 Å². The van der Waals surface area contributed by atoms with Gasteiger partial charge in [-0.2, -0.15) is 0 Å². The van der Waals surface area contributed by atoms with Gasteiger partial charge in [0.1, 0.15) is 0 Å². The Labute approximate surface area is 112 Å². The average Bonchev–Trinajstić information content (AvgIpc) is 2.38.